The van der Waals surface area contributed by atoms with Crippen LogP contribution in [0.1, 0.15) is 0 Å². The van der Waals surface area contributed by atoms with Crippen molar-refractivity contribution in [1.29, 1.82) is 0 Å². The standard InChI is InChI=1S/C13H12N2O4/c1-16-10-6-12-11(18-7-19-12)5-8(10)9-3-4-13(17-2)15-14-9/h3-6H,7H2,1-2H3. The lowest BCUT2D eigenvalue weighted by Gasteiger charge is -2.09. The van der Waals surface area contributed by atoms with Gasteiger partial charge in [-0.3, -0.25) is 0 Å². The molecule has 0 N–H and O–H groups in total. The van der Waals surface area contributed by atoms with E-state index in [1.807, 2.05) is 12.1 Å². The van der Waals surface area contributed by atoms with E-state index >= 15 is 0 Å². The monoisotopic (exact) mass is 260 g/mol. The van der Waals surface area contributed by atoms with Gasteiger partial charge in [0.15, 0.2) is 11.5 Å². The molecule has 1 aliphatic heterocycles. The van der Waals surface area contributed by atoms with Crippen LogP contribution in [-0.4, -0.2) is 31.2 Å². The first kappa shape index (κ1) is 11.6. The molecule has 0 atom stereocenters. The van der Waals surface area contributed by atoms with Crippen molar-refractivity contribution in [3.63, 3.8) is 0 Å². The van der Waals surface area contributed by atoms with E-state index in [9.17, 15) is 0 Å². The molecule has 6 nitrogen and oxygen atoms in total. The van der Waals surface area contributed by atoms with Gasteiger partial charge in [0.1, 0.15) is 5.75 Å². The van der Waals surface area contributed by atoms with Gasteiger partial charge in [-0.2, -0.15) is 0 Å². The smallest absolute Gasteiger partial charge is 0.233 e. The summed E-state index contributed by atoms with van der Waals surface area (Å²) in [5, 5.41) is 8.05. The van der Waals surface area contributed by atoms with Crippen LogP contribution in [0.5, 0.6) is 23.1 Å². The van der Waals surface area contributed by atoms with Crippen molar-refractivity contribution in [3.8, 4) is 34.4 Å². The van der Waals surface area contributed by atoms with Crippen LogP contribution >= 0.6 is 0 Å². The lowest BCUT2D eigenvalue weighted by atomic mass is 10.1. The third kappa shape index (κ3) is 2.01. The number of fused-ring (bicyclic) bond motifs is 1. The molecular formula is C13H12N2O4. The van der Waals surface area contributed by atoms with Crippen LogP contribution in [-0.2, 0) is 0 Å². The Bertz CT molecular complexity index is 598. The maximum Gasteiger partial charge on any atom is 0.233 e. The summed E-state index contributed by atoms with van der Waals surface area (Å²) >= 11 is 0. The molecule has 0 amide bonds. The summed E-state index contributed by atoms with van der Waals surface area (Å²) in [6.07, 6.45) is 0. The van der Waals surface area contributed by atoms with Gasteiger partial charge in [-0.15, -0.1) is 10.2 Å². The van der Waals surface area contributed by atoms with Crippen molar-refractivity contribution in [3.05, 3.63) is 24.3 Å². The number of nitrogens with zero attached hydrogens (tertiary/aromatic N) is 2. The fraction of sp³-hybridized carbons (Fsp3) is 0.231. The van der Waals surface area contributed by atoms with Gasteiger partial charge in [0.25, 0.3) is 0 Å². The fourth-order valence-electron chi connectivity index (χ4n) is 1.86. The molecule has 0 fully saturated rings. The Morgan fingerprint density at radius 1 is 1.00 bits per heavy atom. The summed E-state index contributed by atoms with van der Waals surface area (Å²) < 4.78 is 21.0. The Hall–Kier alpha value is -2.50. The summed E-state index contributed by atoms with van der Waals surface area (Å²) in [5.41, 5.74) is 1.47. The number of hydrogen-bond acceptors (Lipinski definition) is 6. The quantitative estimate of drug-likeness (QED) is 0.839. The largest absolute Gasteiger partial charge is 0.496 e. The first-order chi connectivity index (χ1) is 9.31. The Morgan fingerprint density at radius 3 is 2.42 bits per heavy atom. The van der Waals surface area contributed by atoms with E-state index in [1.165, 1.54) is 0 Å². The maximum atomic E-state index is 5.35. The van der Waals surface area contributed by atoms with Gasteiger partial charge in [0.05, 0.1) is 19.9 Å². The summed E-state index contributed by atoms with van der Waals surface area (Å²) in [7, 11) is 3.14. The second-order valence-electron chi connectivity index (χ2n) is 3.87. The molecule has 0 bridgehead atoms. The number of methoxy groups -OCH3 is 2. The molecule has 0 aliphatic carbocycles. The zero-order valence-electron chi connectivity index (χ0n) is 10.5. The molecule has 6 heteroatoms. The van der Waals surface area contributed by atoms with E-state index in [2.05, 4.69) is 10.2 Å². The SMILES string of the molecule is COc1ccc(-c2cc3c(cc2OC)OCO3)nn1. The van der Waals surface area contributed by atoms with Crippen LogP contribution < -0.4 is 18.9 Å². The lowest BCUT2D eigenvalue weighted by molar-refractivity contribution is 0.174. The number of aromatic nitrogens is 2. The van der Waals surface area contributed by atoms with Gasteiger partial charge >= 0.3 is 0 Å². The highest BCUT2D eigenvalue weighted by atomic mass is 16.7. The summed E-state index contributed by atoms with van der Waals surface area (Å²) in [5.74, 6) is 2.46. The molecule has 98 valence electrons. The Labute approximate surface area is 109 Å². The van der Waals surface area contributed by atoms with E-state index in [-0.39, 0.29) is 6.79 Å². The predicted molar refractivity (Wildman–Crippen MR) is 66.7 cm³/mol. The van der Waals surface area contributed by atoms with E-state index < -0.39 is 0 Å². The number of ether oxygens (including phenoxy) is 4. The highest BCUT2D eigenvalue weighted by Gasteiger charge is 2.19. The van der Waals surface area contributed by atoms with Gasteiger partial charge in [0, 0.05) is 17.7 Å². The maximum absolute atomic E-state index is 5.35. The summed E-state index contributed by atoms with van der Waals surface area (Å²) in [6.45, 7) is 0.218. The van der Waals surface area contributed by atoms with E-state index in [1.54, 1.807) is 26.4 Å². The van der Waals surface area contributed by atoms with Crippen LogP contribution in [0, 0.1) is 0 Å². The molecular weight excluding hydrogens is 248 g/mol. The molecule has 0 saturated heterocycles. The highest BCUT2D eigenvalue weighted by molar-refractivity contribution is 5.71. The molecule has 2 aromatic rings. The van der Waals surface area contributed by atoms with Crippen LogP contribution in [0.15, 0.2) is 24.3 Å². The fourth-order valence-corrected chi connectivity index (χ4v) is 1.86. The van der Waals surface area contributed by atoms with Gasteiger partial charge in [-0.1, -0.05) is 0 Å². The predicted octanol–water partition coefficient (Wildman–Crippen LogP) is 1.89. The average molecular weight is 260 g/mol. The molecule has 1 aromatic heterocycles. The molecule has 0 unspecified atom stereocenters. The Kier molecular flexibility index (Phi) is 2.83. The summed E-state index contributed by atoms with van der Waals surface area (Å²) in [6, 6.07) is 7.17. The minimum atomic E-state index is 0.218. The summed E-state index contributed by atoms with van der Waals surface area (Å²) in [4.78, 5) is 0. The zero-order valence-corrected chi connectivity index (χ0v) is 10.5. The normalized spacial score (nSPS) is 12.3. The van der Waals surface area contributed by atoms with Crippen molar-refractivity contribution < 1.29 is 18.9 Å². The van der Waals surface area contributed by atoms with E-state index in [0.29, 0.717) is 28.8 Å². The van der Waals surface area contributed by atoms with Crippen LogP contribution in [0.4, 0.5) is 0 Å². The van der Waals surface area contributed by atoms with Crippen molar-refractivity contribution in [2.45, 2.75) is 0 Å². The minimum absolute atomic E-state index is 0.218. The van der Waals surface area contributed by atoms with Gasteiger partial charge < -0.3 is 18.9 Å². The first-order valence-corrected chi connectivity index (χ1v) is 5.67. The zero-order chi connectivity index (χ0) is 13.2. The molecule has 2 heterocycles. The minimum Gasteiger partial charge on any atom is -0.496 e. The van der Waals surface area contributed by atoms with Gasteiger partial charge in [-0.25, -0.2) is 0 Å². The van der Waals surface area contributed by atoms with Gasteiger partial charge in [0.2, 0.25) is 12.7 Å². The van der Waals surface area contributed by atoms with Crippen LogP contribution in [0.2, 0.25) is 0 Å². The van der Waals surface area contributed by atoms with Crippen molar-refractivity contribution in [2.75, 3.05) is 21.0 Å². The molecule has 3 rings (SSSR count). The Morgan fingerprint density at radius 2 is 1.79 bits per heavy atom. The second-order valence-corrected chi connectivity index (χ2v) is 3.87. The van der Waals surface area contributed by atoms with Crippen molar-refractivity contribution in [1.82, 2.24) is 10.2 Å². The first-order valence-electron chi connectivity index (χ1n) is 5.67. The number of hydrogen-bond donors (Lipinski definition) is 0. The lowest BCUT2D eigenvalue weighted by Crippen LogP contribution is -1.94. The average Bonchev–Trinajstić information content (AvgIpc) is 2.93. The molecule has 1 aromatic carbocycles. The topological polar surface area (TPSA) is 62.7 Å². The molecule has 0 radical (unpaired) electrons. The van der Waals surface area contributed by atoms with E-state index in [4.69, 9.17) is 18.9 Å². The third-order valence-electron chi connectivity index (χ3n) is 2.82. The van der Waals surface area contributed by atoms with Gasteiger partial charge in [-0.05, 0) is 12.1 Å². The molecule has 0 spiro atoms. The highest BCUT2D eigenvalue weighted by Crippen LogP contribution is 2.41. The third-order valence-corrected chi connectivity index (χ3v) is 2.82. The van der Waals surface area contributed by atoms with Crippen LogP contribution in [0.25, 0.3) is 11.3 Å². The molecule has 1 aliphatic rings. The second kappa shape index (κ2) is 4.64. The van der Waals surface area contributed by atoms with Crippen LogP contribution in [0.3, 0.4) is 0 Å². The van der Waals surface area contributed by atoms with E-state index in [0.717, 1.165) is 5.56 Å². The number of rotatable bonds is 3. The number of benzene rings is 1. The Balaban J connectivity index is 2.07. The molecule has 0 saturated carbocycles. The molecule has 19 heavy (non-hydrogen) atoms. The van der Waals surface area contributed by atoms with Crippen molar-refractivity contribution in [2.24, 2.45) is 0 Å². The van der Waals surface area contributed by atoms with Crippen molar-refractivity contribution >= 4 is 0 Å².